The maximum Gasteiger partial charge on any atom is 0.255 e. The average Bonchev–Trinajstić information content (AvgIpc) is 2.97. The van der Waals surface area contributed by atoms with E-state index in [9.17, 15) is 4.79 Å². The molecule has 1 heterocycles. The van der Waals surface area contributed by atoms with E-state index in [4.69, 9.17) is 5.73 Å². The molecule has 3 N–H and O–H groups in total. The number of rotatable bonds is 3. The Balaban J connectivity index is 2.20. The standard InChI is InChI=1S/C14H15N5O/c1-19(9-13-16-10-17-18-13)14(20)12-7-3-2-5-11(12)6-4-8-15/h2-3,5,7,10H,8-9,15H2,1H3,(H,16,17,18). The van der Waals surface area contributed by atoms with E-state index in [1.807, 2.05) is 12.1 Å². The molecule has 0 fully saturated rings. The fourth-order valence-corrected chi connectivity index (χ4v) is 1.73. The first-order valence-electron chi connectivity index (χ1n) is 6.10. The van der Waals surface area contributed by atoms with Crippen LogP contribution >= 0.6 is 0 Å². The van der Waals surface area contributed by atoms with E-state index in [0.29, 0.717) is 23.5 Å². The van der Waals surface area contributed by atoms with Crippen LogP contribution in [0, 0.1) is 11.8 Å². The largest absolute Gasteiger partial charge is 0.334 e. The fraction of sp³-hybridized carbons (Fsp3) is 0.214. The van der Waals surface area contributed by atoms with Crippen LogP contribution in [0.3, 0.4) is 0 Å². The van der Waals surface area contributed by atoms with Crippen LogP contribution < -0.4 is 5.73 Å². The van der Waals surface area contributed by atoms with Gasteiger partial charge in [0.2, 0.25) is 0 Å². The smallest absolute Gasteiger partial charge is 0.255 e. The van der Waals surface area contributed by atoms with E-state index >= 15 is 0 Å². The lowest BCUT2D eigenvalue weighted by atomic mass is 10.1. The molecule has 102 valence electrons. The van der Waals surface area contributed by atoms with Gasteiger partial charge in [-0.05, 0) is 12.1 Å². The first-order valence-corrected chi connectivity index (χ1v) is 6.10. The van der Waals surface area contributed by atoms with Crippen molar-refractivity contribution in [3.8, 4) is 11.8 Å². The van der Waals surface area contributed by atoms with Crippen molar-refractivity contribution >= 4 is 5.91 Å². The number of benzene rings is 1. The number of nitrogens with one attached hydrogen (secondary N) is 1. The van der Waals surface area contributed by atoms with Gasteiger partial charge in [0.05, 0.1) is 18.7 Å². The topological polar surface area (TPSA) is 87.9 Å². The molecule has 0 atom stereocenters. The second-order valence-electron chi connectivity index (χ2n) is 4.14. The Morgan fingerprint density at radius 2 is 2.25 bits per heavy atom. The van der Waals surface area contributed by atoms with Crippen molar-refractivity contribution in [3.63, 3.8) is 0 Å². The van der Waals surface area contributed by atoms with Crippen LogP contribution in [0.4, 0.5) is 0 Å². The third-order valence-corrected chi connectivity index (χ3v) is 2.68. The predicted molar refractivity (Wildman–Crippen MR) is 74.6 cm³/mol. The fourth-order valence-electron chi connectivity index (χ4n) is 1.73. The zero-order valence-electron chi connectivity index (χ0n) is 11.1. The van der Waals surface area contributed by atoms with E-state index in [0.717, 1.165) is 0 Å². The summed E-state index contributed by atoms with van der Waals surface area (Å²) in [7, 11) is 1.71. The number of aromatic nitrogens is 3. The third-order valence-electron chi connectivity index (χ3n) is 2.68. The number of hydrogen-bond donors (Lipinski definition) is 2. The maximum absolute atomic E-state index is 12.4. The summed E-state index contributed by atoms with van der Waals surface area (Å²) in [6.07, 6.45) is 1.41. The number of nitrogens with zero attached hydrogens (tertiary/aromatic N) is 3. The molecule has 6 nitrogen and oxygen atoms in total. The van der Waals surface area contributed by atoms with Gasteiger partial charge in [0.1, 0.15) is 12.2 Å². The first kappa shape index (κ1) is 13.8. The van der Waals surface area contributed by atoms with E-state index in [1.54, 1.807) is 24.1 Å². The van der Waals surface area contributed by atoms with Crippen molar-refractivity contribution in [3.05, 3.63) is 47.5 Å². The van der Waals surface area contributed by atoms with E-state index in [1.165, 1.54) is 6.33 Å². The van der Waals surface area contributed by atoms with Crippen LogP contribution in [0.5, 0.6) is 0 Å². The Labute approximate surface area is 117 Å². The molecule has 6 heteroatoms. The second kappa shape index (κ2) is 6.50. The lowest BCUT2D eigenvalue weighted by Gasteiger charge is -2.16. The van der Waals surface area contributed by atoms with E-state index in [-0.39, 0.29) is 12.5 Å². The summed E-state index contributed by atoms with van der Waals surface area (Å²) in [5.41, 5.74) is 6.59. The second-order valence-corrected chi connectivity index (χ2v) is 4.14. The van der Waals surface area contributed by atoms with Crippen molar-refractivity contribution in [2.24, 2.45) is 5.73 Å². The highest BCUT2D eigenvalue weighted by molar-refractivity contribution is 5.96. The quantitative estimate of drug-likeness (QED) is 0.789. The lowest BCUT2D eigenvalue weighted by Crippen LogP contribution is -2.27. The number of H-pyrrole nitrogens is 1. The monoisotopic (exact) mass is 269 g/mol. The number of amides is 1. The van der Waals surface area contributed by atoms with Gasteiger partial charge in [-0.25, -0.2) is 4.98 Å². The molecule has 0 saturated heterocycles. The normalized spacial score (nSPS) is 9.70. The Kier molecular flexibility index (Phi) is 4.47. The highest BCUT2D eigenvalue weighted by atomic mass is 16.2. The number of hydrogen-bond acceptors (Lipinski definition) is 4. The molecule has 0 spiro atoms. The summed E-state index contributed by atoms with van der Waals surface area (Å²) in [5, 5.41) is 6.48. The van der Waals surface area contributed by atoms with Crippen LogP contribution in [-0.4, -0.2) is 39.6 Å². The predicted octanol–water partition coefficient (Wildman–Crippen LogP) is 0.387. The van der Waals surface area contributed by atoms with Crippen molar-refractivity contribution in [1.82, 2.24) is 20.1 Å². The molecule has 1 aromatic heterocycles. The number of aromatic amines is 1. The molecular weight excluding hydrogens is 254 g/mol. The highest BCUT2D eigenvalue weighted by Gasteiger charge is 2.15. The van der Waals surface area contributed by atoms with Gasteiger partial charge in [-0.1, -0.05) is 24.0 Å². The molecule has 0 unspecified atom stereocenters. The van der Waals surface area contributed by atoms with Crippen LogP contribution in [0.2, 0.25) is 0 Å². The molecule has 0 saturated carbocycles. The molecule has 0 aliphatic carbocycles. The van der Waals surface area contributed by atoms with Crippen molar-refractivity contribution in [2.75, 3.05) is 13.6 Å². The molecule has 0 aliphatic heterocycles. The summed E-state index contributed by atoms with van der Waals surface area (Å²) < 4.78 is 0. The minimum Gasteiger partial charge on any atom is -0.334 e. The third kappa shape index (κ3) is 3.22. The average molecular weight is 269 g/mol. The molecule has 1 aromatic carbocycles. The molecule has 0 radical (unpaired) electrons. The van der Waals surface area contributed by atoms with Gasteiger partial charge < -0.3 is 10.6 Å². The van der Waals surface area contributed by atoms with Gasteiger partial charge in [-0.3, -0.25) is 9.89 Å². The van der Waals surface area contributed by atoms with Gasteiger partial charge in [-0.2, -0.15) is 5.10 Å². The summed E-state index contributed by atoms with van der Waals surface area (Å²) in [6.45, 7) is 0.619. The Bertz CT molecular complexity index is 639. The minimum atomic E-state index is -0.122. The molecule has 0 bridgehead atoms. The molecule has 2 rings (SSSR count). The Morgan fingerprint density at radius 1 is 1.45 bits per heavy atom. The van der Waals surface area contributed by atoms with Gasteiger partial charge in [0, 0.05) is 12.6 Å². The zero-order valence-corrected chi connectivity index (χ0v) is 11.1. The summed E-state index contributed by atoms with van der Waals surface area (Å²) in [5.74, 6) is 6.18. The summed E-state index contributed by atoms with van der Waals surface area (Å²) in [4.78, 5) is 18.0. The van der Waals surface area contributed by atoms with Crippen LogP contribution in [-0.2, 0) is 6.54 Å². The molecule has 0 aliphatic rings. The van der Waals surface area contributed by atoms with Crippen molar-refractivity contribution < 1.29 is 4.79 Å². The highest BCUT2D eigenvalue weighted by Crippen LogP contribution is 2.11. The van der Waals surface area contributed by atoms with E-state index in [2.05, 4.69) is 27.0 Å². The van der Waals surface area contributed by atoms with Crippen molar-refractivity contribution in [1.29, 1.82) is 0 Å². The number of nitrogens with two attached hydrogens (primary N) is 1. The van der Waals surface area contributed by atoms with Gasteiger partial charge in [-0.15, -0.1) is 0 Å². The first-order chi connectivity index (χ1) is 9.72. The van der Waals surface area contributed by atoms with Crippen LogP contribution in [0.1, 0.15) is 21.7 Å². The number of carbonyl (C=O) groups excluding carboxylic acids is 1. The van der Waals surface area contributed by atoms with Crippen molar-refractivity contribution in [2.45, 2.75) is 6.54 Å². The molecule has 20 heavy (non-hydrogen) atoms. The maximum atomic E-state index is 12.4. The summed E-state index contributed by atoms with van der Waals surface area (Å²) >= 11 is 0. The molecular formula is C14H15N5O. The SMILES string of the molecule is CN(Cc1ncn[nH]1)C(=O)c1ccccc1C#CCN. The minimum absolute atomic E-state index is 0.122. The van der Waals surface area contributed by atoms with Gasteiger partial charge in [0.25, 0.3) is 5.91 Å². The summed E-state index contributed by atoms with van der Waals surface area (Å²) in [6, 6.07) is 7.20. The zero-order chi connectivity index (χ0) is 14.4. The van der Waals surface area contributed by atoms with Gasteiger partial charge >= 0.3 is 0 Å². The molecule has 1 amide bonds. The Morgan fingerprint density at radius 3 is 2.95 bits per heavy atom. The molecule has 2 aromatic rings. The number of carbonyl (C=O) groups is 1. The lowest BCUT2D eigenvalue weighted by molar-refractivity contribution is 0.0781. The van der Waals surface area contributed by atoms with Crippen LogP contribution in [0.25, 0.3) is 0 Å². The Hall–Kier alpha value is -2.65. The van der Waals surface area contributed by atoms with Crippen LogP contribution in [0.15, 0.2) is 30.6 Å². The van der Waals surface area contributed by atoms with E-state index < -0.39 is 0 Å². The van der Waals surface area contributed by atoms with Gasteiger partial charge in [0.15, 0.2) is 0 Å².